The van der Waals surface area contributed by atoms with Gasteiger partial charge < -0.3 is 30.1 Å². The molecular formula is C34H49N3O7S. The summed E-state index contributed by atoms with van der Waals surface area (Å²) in [5, 5.41) is 16.3. The van der Waals surface area contributed by atoms with Crippen molar-refractivity contribution < 1.29 is 33.8 Å². The van der Waals surface area contributed by atoms with E-state index in [1.807, 2.05) is 37.3 Å². The molecule has 3 amide bonds. The van der Waals surface area contributed by atoms with Crippen LogP contribution in [0.2, 0.25) is 0 Å². The number of benzene rings is 2. The fraction of sp³-hybridized carbons (Fsp3) is 0.529. The van der Waals surface area contributed by atoms with Crippen LogP contribution in [0.4, 0.5) is 4.79 Å². The Balaban J connectivity index is 2.57. The highest BCUT2D eigenvalue weighted by Gasteiger charge is 2.39. The molecule has 3 atom stereocenters. The summed E-state index contributed by atoms with van der Waals surface area (Å²) in [7, 11) is 0. The Morgan fingerprint density at radius 2 is 1.44 bits per heavy atom. The summed E-state index contributed by atoms with van der Waals surface area (Å²) < 4.78 is 11.0. The maximum Gasteiger partial charge on any atom is 0.408 e. The first kappa shape index (κ1) is 37.5. The molecule has 0 aromatic heterocycles. The molecule has 0 aliphatic carbocycles. The van der Waals surface area contributed by atoms with Crippen LogP contribution in [-0.4, -0.2) is 69.5 Å². The summed E-state index contributed by atoms with van der Waals surface area (Å²) >= 11 is 4.32. The predicted octanol–water partition coefficient (Wildman–Crippen LogP) is 5.34. The molecule has 0 aliphatic rings. The molecule has 0 heterocycles. The molecule has 0 saturated heterocycles. The molecule has 2 aromatic carbocycles. The molecule has 0 saturated carbocycles. The number of carbonyl (C=O) groups is 4. The zero-order valence-corrected chi connectivity index (χ0v) is 28.4. The van der Waals surface area contributed by atoms with Crippen molar-refractivity contribution in [1.29, 1.82) is 0 Å². The van der Waals surface area contributed by atoms with Crippen LogP contribution in [0.15, 0.2) is 54.6 Å². The lowest BCUT2D eigenvalue weighted by Gasteiger charge is -2.35. The first-order valence-electron chi connectivity index (χ1n) is 15.3. The number of unbranched alkanes of at least 4 members (excludes halogenated alkanes) is 2. The molecule has 2 rings (SSSR count). The molecule has 0 spiro atoms. The van der Waals surface area contributed by atoms with Gasteiger partial charge in [0.1, 0.15) is 35.1 Å². The highest BCUT2D eigenvalue weighted by atomic mass is 32.1. The fourth-order valence-electron chi connectivity index (χ4n) is 4.57. The van der Waals surface area contributed by atoms with E-state index in [1.54, 1.807) is 59.7 Å². The van der Waals surface area contributed by atoms with Crippen LogP contribution >= 0.6 is 12.6 Å². The molecule has 248 valence electrons. The van der Waals surface area contributed by atoms with Crippen LogP contribution in [0.5, 0.6) is 5.75 Å². The van der Waals surface area contributed by atoms with Crippen molar-refractivity contribution in [2.45, 2.75) is 103 Å². The van der Waals surface area contributed by atoms with Crippen LogP contribution in [0.25, 0.3) is 0 Å². The zero-order valence-electron chi connectivity index (χ0n) is 27.5. The van der Waals surface area contributed by atoms with Crippen LogP contribution in [0.1, 0.15) is 84.9 Å². The lowest BCUT2D eigenvalue weighted by atomic mass is 9.99. The van der Waals surface area contributed by atoms with Crippen molar-refractivity contribution in [1.82, 2.24) is 15.5 Å². The number of amides is 3. The normalized spacial score (nSPS) is 13.6. The van der Waals surface area contributed by atoms with Crippen molar-refractivity contribution in [3.63, 3.8) is 0 Å². The van der Waals surface area contributed by atoms with E-state index in [2.05, 4.69) is 23.3 Å². The quantitative estimate of drug-likeness (QED) is 0.124. The van der Waals surface area contributed by atoms with Gasteiger partial charge in [-0.15, -0.1) is 0 Å². The van der Waals surface area contributed by atoms with Gasteiger partial charge in [0.2, 0.25) is 11.8 Å². The van der Waals surface area contributed by atoms with E-state index in [-0.39, 0.29) is 30.0 Å². The number of thiol groups is 1. The SMILES string of the molecule is CCCCCN(C(=O)C(CS)NC(=O)OC(C)(C)C)C(C(=O)NC(Cc1ccccc1)C(=O)OC(C)(C)C)c1ccccc1O. The number of nitrogens with zero attached hydrogens (tertiary/aromatic N) is 1. The number of phenolic OH excluding ortho intramolecular Hbond substituents is 1. The number of esters is 1. The van der Waals surface area contributed by atoms with Crippen LogP contribution < -0.4 is 10.6 Å². The van der Waals surface area contributed by atoms with Gasteiger partial charge in [0, 0.05) is 24.3 Å². The molecule has 3 N–H and O–H groups in total. The van der Waals surface area contributed by atoms with E-state index in [0.29, 0.717) is 6.42 Å². The highest BCUT2D eigenvalue weighted by Crippen LogP contribution is 2.30. The topological polar surface area (TPSA) is 134 Å². The van der Waals surface area contributed by atoms with Gasteiger partial charge in [-0.25, -0.2) is 9.59 Å². The Kier molecular flexibility index (Phi) is 14.2. The average Bonchev–Trinajstić information content (AvgIpc) is 2.94. The first-order valence-corrected chi connectivity index (χ1v) is 16.0. The van der Waals surface area contributed by atoms with Crippen LogP contribution in [0.3, 0.4) is 0 Å². The van der Waals surface area contributed by atoms with Crippen molar-refractivity contribution >= 4 is 36.5 Å². The predicted molar refractivity (Wildman–Crippen MR) is 177 cm³/mol. The highest BCUT2D eigenvalue weighted by molar-refractivity contribution is 7.80. The molecule has 0 aliphatic heterocycles. The molecule has 11 heteroatoms. The Bertz CT molecular complexity index is 1270. The first-order chi connectivity index (χ1) is 21.1. The third-order valence-electron chi connectivity index (χ3n) is 6.54. The Labute approximate surface area is 272 Å². The summed E-state index contributed by atoms with van der Waals surface area (Å²) in [6.45, 7) is 12.5. The summed E-state index contributed by atoms with van der Waals surface area (Å²) in [6, 6.07) is 11.8. The molecule has 10 nitrogen and oxygen atoms in total. The van der Waals surface area contributed by atoms with E-state index in [0.717, 1.165) is 18.4 Å². The van der Waals surface area contributed by atoms with E-state index in [1.165, 1.54) is 11.0 Å². The number of hydrogen-bond acceptors (Lipinski definition) is 8. The second-order valence-corrected chi connectivity index (χ2v) is 13.2. The van der Waals surface area contributed by atoms with Crippen LogP contribution in [0, 0.1) is 0 Å². The second kappa shape index (κ2) is 17.1. The molecule has 45 heavy (non-hydrogen) atoms. The number of aromatic hydroxyl groups is 1. The number of rotatable bonds is 14. The molecule has 0 fully saturated rings. The number of hydrogen-bond donors (Lipinski definition) is 4. The van der Waals surface area contributed by atoms with Gasteiger partial charge in [0.15, 0.2) is 0 Å². The average molecular weight is 644 g/mol. The third kappa shape index (κ3) is 12.7. The van der Waals surface area contributed by atoms with Gasteiger partial charge in [-0.2, -0.15) is 12.6 Å². The summed E-state index contributed by atoms with van der Waals surface area (Å²) in [6.07, 6.45) is 1.49. The van der Waals surface area contributed by atoms with Gasteiger partial charge in [0.25, 0.3) is 0 Å². The summed E-state index contributed by atoms with van der Waals surface area (Å²) in [5.74, 6) is -2.20. The van der Waals surface area contributed by atoms with Crippen molar-refractivity contribution in [2.24, 2.45) is 0 Å². The van der Waals surface area contributed by atoms with E-state index in [9.17, 15) is 24.3 Å². The fourth-order valence-corrected chi connectivity index (χ4v) is 4.82. The lowest BCUT2D eigenvalue weighted by molar-refractivity contribution is -0.159. The number of nitrogens with one attached hydrogen (secondary N) is 2. The minimum Gasteiger partial charge on any atom is -0.508 e. The summed E-state index contributed by atoms with van der Waals surface area (Å²) in [4.78, 5) is 55.8. The Morgan fingerprint density at radius 1 is 0.844 bits per heavy atom. The standard InChI is InChI=1S/C34H49N3O7S/c1-8-9-15-20-37(30(40)26(22-45)36-32(42)44-34(5,6)7)28(24-18-13-14-19-27(24)38)29(39)35-25(31(41)43-33(2,3)4)21-23-16-11-10-12-17-23/h10-14,16-19,25-26,28,38,45H,8-9,15,20-22H2,1-7H3,(H,35,39)(H,36,42). The third-order valence-corrected chi connectivity index (χ3v) is 6.90. The van der Waals surface area contributed by atoms with Crippen LogP contribution in [-0.2, 0) is 30.3 Å². The van der Waals surface area contributed by atoms with Gasteiger partial charge >= 0.3 is 12.1 Å². The number of para-hydroxylation sites is 1. The lowest BCUT2D eigenvalue weighted by Crippen LogP contribution is -2.55. The largest absolute Gasteiger partial charge is 0.508 e. The molecule has 0 bridgehead atoms. The van der Waals surface area contributed by atoms with Gasteiger partial charge in [0.05, 0.1) is 0 Å². The van der Waals surface area contributed by atoms with E-state index in [4.69, 9.17) is 9.47 Å². The Morgan fingerprint density at radius 3 is 2.00 bits per heavy atom. The maximum atomic E-state index is 14.3. The molecule has 0 radical (unpaired) electrons. The second-order valence-electron chi connectivity index (χ2n) is 12.9. The van der Waals surface area contributed by atoms with Gasteiger partial charge in [-0.3, -0.25) is 9.59 Å². The molecular weight excluding hydrogens is 594 g/mol. The minimum absolute atomic E-state index is 0.0774. The van der Waals surface area contributed by atoms with Crippen molar-refractivity contribution in [3.8, 4) is 5.75 Å². The zero-order chi connectivity index (χ0) is 33.8. The monoisotopic (exact) mass is 643 g/mol. The minimum atomic E-state index is -1.35. The van der Waals surface area contributed by atoms with Crippen molar-refractivity contribution in [3.05, 3.63) is 65.7 Å². The number of carbonyl (C=O) groups excluding carboxylic acids is 4. The van der Waals surface area contributed by atoms with E-state index >= 15 is 0 Å². The summed E-state index contributed by atoms with van der Waals surface area (Å²) in [5.41, 5.74) is -0.663. The smallest absolute Gasteiger partial charge is 0.408 e. The van der Waals surface area contributed by atoms with Crippen molar-refractivity contribution in [2.75, 3.05) is 12.3 Å². The number of ether oxygens (including phenoxy) is 2. The molecule has 3 unspecified atom stereocenters. The number of alkyl carbamates (subject to hydrolysis) is 1. The number of phenols is 1. The van der Waals surface area contributed by atoms with Gasteiger partial charge in [-0.1, -0.05) is 68.3 Å². The van der Waals surface area contributed by atoms with E-state index < -0.39 is 53.2 Å². The maximum absolute atomic E-state index is 14.3. The molecule has 2 aromatic rings. The Hall–Kier alpha value is -3.73. The van der Waals surface area contributed by atoms with Gasteiger partial charge in [-0.05, 0) is 59.6 Å².